The maximum absolute atomic E-state index is 11.8. The molecule has 1 aliphatic heterocycles. The minimum atomic E-state index is -0.526. The van der Waals surface area contributed by atoms with Gasteiger partial charge >= 0.3 is 6.03 Å². The Labute approximate surface area is 133 Å². The second-order valence-corrected chi connectivity index (χ2v) is 7.00. The first-order valence-electron chi connectivity index (χ1n) is 5.65. The van der Waals surface area contributed by atoms with Crippen molar-refractivity contribution in [2.45, 2.75) is 4.16 Å². The maximum atomic E-state index is 11.8. The minimum Gasteiger partial charge on any atom is -0.307 e. The van der Waals surface area contributed by atoms with E-state index in [1.54, 1.807) is 30.3 Å². The quantitative estimate of drug-likeness (QED) is 0.549. The molecule has 2 unspecified atom stereocenters. The number of anilines is 1. The molecule has 2 atom stereocenters. The molecule has 1 aromatic rings. The topological polar surface area (TPSA) is 70.2 Å². The zero-order valence-electron chi connectivity index (χ0n) is 10.1. The lowest BCUT2D eigenvalue weighted by molar-refractivity contribution is -0.123. The summed E-state index contributed by atoms with van der Waals surface area (Å²) in [5.74, 6) is -0.588. The Morgan fingerprint density at radius 3 is 2.50 bits per heavy atom. The second kappa shape index (κ2) is 7.01. The highest BCUT2D eigenvalue weighted by molar-refractivity contribution is 9.11. The van der Waals surface area contributed by atoms with Crippen LogP contribution in [0.25, 0.3) is 0 Å². The number of rotatable bonds is 2. The van der Waals surface area contributed by atoms with Crippen LogP contribution in [0.3, 0.4) is 0 Å². The molecule has 0 aliphatic carbocycles. The zero-order chi connectivity index (χ0) is 14.5. The van der Waals surface area contributed by atoms with Gasteiger partial charge in [-0.2, -0.15) is 0 Å². The van der Waals surface area contributed by atoms with Crippen LogP contribution in [-0.2, 0) is 4.79 Å². The van der Waals surface area contributed by atoms with Crippen LogP contribution in [0.5, 0.6) is 0 Å². The summed E-state index contributed by atoms with van der Waals surface area (Å²) in [6, 6.07) is 6.11. The fraction of sp³-hybridized carbons (Fsp3) is 0.167. The molecule has 1 aliphatic rings. The summed E-state index contributed by atoms with van der Waals surface area (Å²) in [7, 11) is 0. The number of thioether (sulfide) groups is 1. The standard InChI is InChI=1S/C12H11BrClN3O2S/c13-10-9(5-6-20-10)11(18)16-17-12(19)15-8-3-1-7(14)2-4-8/h1-6,9-10H,(H,16,18)(H2,15,17,19). The molecule has 0 bridgehead atoms. The Morgan fingerprint density at radius 1 is 1.20 bits per heavy atom. The maximum Gasteiger partial charge on any atom is 0.337 e. The molecule has 0 spiro atoms. The fourth-order valence-corrected chi connectivity index (χ4v) is 3.19. The number of amides is 3. The molecule has 106 valence electrons. The van der Waals surface area contributed by atoms with E-state index in [0.29, 0.717) is 10.7 Å². The van der Waals surface area contributed by atoms with Gasteiger partial charge in [0.2, 0.25) is 5.91 Å². The van der Waals surface area contributed by atoms with Gasteiger partial charge in [0.15, 0.2) is 0 Å². The lowest BCUT2D eigenvalue weighted by atomic mass is 10.2. The third-order valence-electron chi connectivity index (χ3n) is 2.48. The van der Waals surface area contributed by atoms with Crippen molar-refractivity contribution in [2.24, 2.45) is 5.92 Å². The van der Waals surface area contributed by atoms with E-state index in [-0.39, 0.29) is 16.0 Å². The summed E-state index contributed by atoms with van der Waals surface area (Å²) >= 11 is 10.6. The summed E-state index contributed by atoms with van der Waals surface area (Å²) in [5, 5.41) is 4.99. The van der Waals surface area contributed by atoms with Crippen LogP contribution in [-0.4, -0.2) is 16.1 Å². The van der Waals surface area contributed by atoms with Gasteiger partial charge in [-0.15, -0.1) is 11.8 Å². The van der Waals surface area contributed by atoms with Gasteiger partial charge in [0.1, 0.15) is 0 Å². The lowest BCUT2D eigenvalue weighted by Gasteiger charge is -2.14. The van der Waals surface area contributed by atoms with E-state index in [1.165, 1.54) is 11.8 Å². The Balaban J connectivity index is 1.79. The van der Waals surface area contributed by atoms with Crippen LogP contribution in [0.4, 0.5) is 10.5 Å². The number of hydrazine groups is 1. The summed E-state index contributed by atoms with van der Waals surface area (Å²) in [6.45, 7) is 0. The van der Waals surface area contributed by atoms with Gasteiger partial charge in [-0.1, -0.05) is 33.6 Å². The van der Waals surface area contributed by atoms with Crippen LogP contribution < -0.4 is 16.2 Å². The number of halogens is 2. The van der Waals surface area contributed by atoms with Gasteiger partial charge in [-0.25, -0.2) is 10.2 Å². The van der Waals surface area contributed by atoms with Crippen molar-refractivity contribution in [3.8, 4) is 0 Å². The second-order valence-electron chi connectivity index (χ2n) is 3.92. The van der Waals surface area contributed by atoms with Gasteiger partial charge < -0.3 is 5.32 Å². The Hall–Kier alpha value is -1.18. The van der Waals surface area contributed by atoms with Gasteiger partial charge in [-0.05, 0) is 29.7 Å². The number of benzene rings is 1. The minimum absolute atomic E-state index is 0.0105. The summed E-state index contributed by atoms with van der Waals surface area (Å²) in [5.41, 5.74) is 5.24. The van der Waals surface area contributed by atoms with Crippen molar-refractivity contribution < 1.29 is 9.59 Å². The number of alkyl halides is 1. The van der Waals surface area contributed by atoms with Gasteiger partial charge in [0, 0.05) is 10.7 Å². The van der Waals surface area contributed by atoms with E-state index in [4.69, 9.17) is 11.6 Å². The molecule has 20 heavy (non-hydrogen) atoms. The average Bonchev–Trinajstić information content (AvgIpc) is 2.85. The van der Waals surface area contributed by atoms with E-state index in [1.807, 2.05) is 5.41 Å². The third kappa shape index (κ3) is 4.16. The monoisotopic (exact) mass is 375 g/mol. The Morgan fingerprint density at radius 2 is 1.90 bits per heavy atom. The molecule has 2 rings (SSSR count). The molecule has 0 aromatic heterocycles. The van der Waals surface area contributed by atoms with Crippen molar-refractivity contribution >= 4 is 56.9 Å². The smallest absolute Gasteiger partial charge is 0.307 e. The molecule has 0 saturated carbocycles. The highest BCUT2D eigenvalue weighted by Crippen LogP contribution is 2.34. The molecular weight excluding hydrogens is 366 g/mol. The van der Waals surface area contributed by atoms with Crippen LogP contribution in [0.2, 0.25) is 5.02 Å². The largest absolute Gasteiger partial charge is 0.337 e. The number of carbonyl (C=O) groups excluding carboxylic acids is 2. The van der Waals surface area contributed by atoms with Crippen molar-refractivity contribution in [2.75, 3.05) is 5.32 Å². The highest BCUT2D eigenvalue weighted by atomic mass is 79.9. The first-order valence-corrected chi connectivity index (χ1v) is 7.88. The average molecular weight is 377 g/mol. The molecule has 3 amide bonds. The molecule has 5 nitrogen and oxygen atoms in total. The summed E-state index contributed by atoms with van der Waals surface area (Å²) in [4.78, 5) is 23.4. The SMILES string of the molecule is O=C(NNC(=O)C1C=CSC1Br)Nc1ccc(Cl)cc1. The summed E-state index contributed by atoms with van der Waals surface area (Å²) < 4.78 is -0.0105. The van der Waals surface area contributed by atoms with Crippen LogP contribution in [0.15, 0.2) is 35.7 Å². The normalized spacial score (nSPS) is 20.5. The van der Waals surface area contributed by atoms with E-state index in [9.17, 15) is 9.59 Å². The number of nitrogens with one attached hydrogen (secondary N) is 3. The van der Waals surface area contributed by atoms with E-state index >= 15 is 0 Å². The Kier molecular flexibility index (Phi) is 5.33. The lowest BCUT2D eigenvalue weighted by Crippen LogP contribution is -2.46. The predicted octanol–water partition coefficient (Wildman–Crippen LogP) is 3.09. The molecule has 1 heterocycles. The first kappa shape index (κ1) is 15.2. The molecule has 0 radical (unpaired) electrons. The van der Waals surface area contributed by atoms with Crippen molar-refractivity contribution in [1.82, 2.24) is 10.9 Å². The number of hydrogen-bond donors (Lipinski definition) is 3. The van der Waals surface area contributed by atoms with Crippen LogP contribution in [0.1, 0.15) is 0 Å². The van der Waals surface area contributed by atoms with Gasteiger partial charge in [0.25, 0.3) is 0 Å². The van der Waals surface area contributed by atoms with Crippen LogP contribution in [0, 0.1) is 5.92 Å². The van der Waals surface area contributed by atoms with E-state index in [2.05, 4.69) is 32.1 Å². The highest BCUT2D eigenvalue weighted by Gasteiger charge is 2.27. The Bertz CT molecular complexity index is 538. The number of urea groups is 1. The zero-order valence-corrected chi connectivity index (χ0v) is 13.3. The van der Waals surface area contributed by atoms with Crippen LogP contribution >= 0.6 is 39.3 Å². The molecule has 1 aromatic carbocycles. The number of carbonyl (C=O) groups is 2. The summed E-state index contributed by atoms with van der Waals surface area (Å²) in [6.07, 6.45) is 1.78. The van der Waals surface area contributed by atoms with E-state index in [0.717, 1.165) is 0 Å². The van der Waals surface area contributed by atoms with Crippen molar-refractivity contribution in [3.63, 3.8) is 0 Å². The third-order valence-corrected chi connectivity index (χ3v) is 4.82. The molecular formula is C12H11BrClN3O2S. The molecule has 3 N–H and O–H groups in total. The first-order chi connectivity index (χ1) is 9.56. The van der Waals surface area contributed by atoms with Crippen molar-refractivity contribution in [1.29, 1.82) is 0 Å². The van der Waals surface area contributed by atoms with Crippen molar-refractivity contribution in [3.05, 3.63) is 40.8 Å². The number of hydrogen-bond acceptors (Lipinski definition) is 3. The van der Waals surface area contributed by atoms with Gasteiger partial charge in [-0.3, -0.25) is 10.2 Å². The molecule has 0 saturated heterocycles. The molecule has 0 fully saturated rings. The van der Waals surface area contributed by atoms with E-state index < -0.39 is 6.03 Å². The van der Waals surface area contributed by atoms with Gasteiger partial charge in [0.05, 0.1) is 10.1 Å². The molecule has 8 heteroatoms. The fourth-order valence-electron chi connectivity index (χ4n) is 1.48. The predicted molar refractivity (Wildman–Crippen MR) is 84.7 cm³/mol.